The first-order chi connectivity index (χ1) is 9.69. The van der Waals surface area contributed by atoms with Gasteiger partial charge in [0.15, 0.2) is 0 Å². The van der Waals surface area contributed by atoms with Crippen LogP contribution in [-0.4, -0.2) is 45.4 Å². The first kappa shape index (κ1) is 17.4. The van der Waals surface area contributed by atoms with E-state index in [2.05, 4.69) is 5.32 Å². The van der Waals surface area contributed by atoms with Crippen LogP contribution in [0.3, 0.4) is 0 Å². The largest absolute Gasteiger partial charge is 0.385 e. The molecule has 0 aromatic heterocycles. The molecule has 3 N–H and O–H groups in total. The highest BCUT2D eigenvalue weighted by Crippen LogP contribution is 2.29. The normalized spacial score (nSPS) is 24.4. The first-order valence-corrected chi connectivity index (χ1v) is 7.77. The Balaban J connectivity index is 2.20. The third-order valence-corrected chi connectivity index (χ3v) is 4.12. The van der Waals surface area contributed by atoms with Crippen LogP contribution in [0.5, 0.6) is 0 Å². The summed E-state index contributed by atoms with van der Waals surface area (Å²) < 4.78 is 10.7. The van der Waals surface area contributed by atoms with E-state index in [1.54, 1.807) is 7.11 Å². The average molecular weight is 286 g/mol. The van der Waals surface area contributed by atoms with Gasteiger partial charge in [0.2, 0.25) is 5.91 Å². The van der Waals surface area contributed by atoms with Crippen molar-refractivity contribution >= 4 is 5.91 Å². The van der Waals surface area contributed by atoms with E-state index in [1.165, 1.54) is 25.7 Å². The van der Waals surface area contributed by atoms with Gasteiger partial charge in [-0.25, -0.2) is 0 Å². The predicted octanol–water partition coefficient (Wildman–Crippen LogP) is 1.31. The summed E-state index contributed by atoms with van der Waals surface area (Å²) in [5, 5.41) is 2.86. The van der Waals surface area contributed by atoms with Gasteiger partial charge in [-0.1, -0.05) is 12.8 Å². The molecule has 0 heterocycles. The van der Waals surface area contributed by atoms with E-state index < -0.39 is 6.10 Å². The van der Waals surface area contributed by atoms with Gasteiger partial charge in [0.25, 0.3) is 0 Å². The number of nitrogens with one attached hydrogen (secondary N) is 1. The van der Waals surface area contributed by atoms with Crippen LogP contribution >= 0.6 is 0 Å². The summed E-state index contributed by atoms with van der Waals surface area (Å²) in [6, 6.07) is 0. The average Bonchev–Trinajstić information content (AvgIpc) is 2.49. The van der Waals surface area contributed by atoms with E-state index in [-0.39, 0.29) is 5.91 Å². The Morgan fingerprint density at radius 3 is 2.70 bits per heavy atom. The Kier molecular flexibility index (Phi) is 8.82. The fraction of sp³-hybridized carbons (Fsp3) is 0.933. The van der Waals surface area contributed by atoms with E-state index in [0.717, 1.165) is 13.0 Å². The van der Waals surface area contributed by atoms with Gasteiger partial charge in [0, 0.05) is 20.3 Å². The summed E-state index contributed by atoms with van der Waals surface area (Å²) in [6.45, 7) is 4.48. The van der Waals surface area contributed by atoms with E-state index in [9.17, 15) is 4.79 Å². The minimum absolute atomic E-state index is 0.0405. The second-order valence-electron chi connectivity index (χ2n) is 5.65. The minimum atomic E-state index is -0.391. The summed E-state index contributed by atoms with van der Waals surface area (Å²) in [5.74, 6) is 1.03. The van der Waals surface area contributed by atoms with Crippen molar-refractivity contribution in [3.63, 3.8) is 0 Å². The van der Waals surface area contributed by atoms with Gasteiger partial charge in [0.1, 0.15) is 6.10 Å². The van der Waals surface area contributed by atoms with Gasteiger partial charge in [-0.3, -0.25) is 4.79 Å². The predicted molar refractivity (Wildman–Crippen MR) is 79.4 cm³/mol. The van der Waals surface area contributed by atoms with Crippen molar-refractivity contribution < 1.29 is 14.3 Å². The van der Waals surface area contributed by atoms with Crippen molar-refractivity contribution in [1.29, 1.82) is 0 Å². The van der Waals surface area contributed by atoms with Gasteiger partial charge in [0.05, 0.1) is 6.61 Å². The molecule has 0 aromatic carbocycles. The van der Waals surface area contributed by atoms with Crippen LogP contribution in [0.25, 0.3) is 0 Å². The molecule has 0 aromatic rings. The summed E-state index contributed by atoms with van der Waals surface area (Å²) >= 11 is 0. The monoisotopic (exact) mass is 286 g/mol. The molecule has 0 saturated heterocycles. The van der Waals surface area contributed by atoms with E-state index in [1.807, 2.05) is 6.92 Å². The molecule has 0 bridgehead atoms. The van der Waals surface area contributed by atoms with Crippen molar-refractivity contribution in [2.24, 2.45) is 17.6 Å². The third-order valence-electron chi connectivity index (χ3n) is 4.12. The standard InChI is InChI=1S/C15H30N2O3/c1-12(15(18)17-8-5-9-19-2)20-11-14-7-4-3-6-13(14)10-16/h12-14H,3-11,16H2,1-2H3,(H,17,18). The maximum Gasteiger partial charge on any atom is 0.248 e. The quantitative estimate of drug-likeness (QED) is 0.627. The Hall–Kier alpha value is -0.650. The maximum absolute atomic E-state index is 11.8. The Morgan fingerprint density at radius 2 is 2.05 bits per heavy atom. The third kappa shape index (κ3) is 6.20. The van der Waals surface area contributed by atoms with Gasteiger partial charge in [-0.05, 0) is 44.6 Å². The van der Waals surface area contributed by atoms with Crippen molar-refractivity contribution in [3.8, 4) is 0 Å². The molecule has 5 heteroatoms. The van der Waals surface area contributed by atoms with Crippen LogP contribution in [-0.2, 0) is 14.3 Å². The molecule has 118 valence electrons. The van der Waals surface area contributed by atoms with Crippen molar-refractivity contribution in [3.05, 3.63) is 0 Å². The fourth-order valence-corrected chi connectivity index (χ4v) is 2.73. The molecule has 1 aliphatic rings. The van der Waals surface area contributed by atoms with Gasteiger partial charge >= 0.3 is 0 Å². The highest BCUT2D eigenvalue weighted by atomic mass is 16.5. The zero-order valence-corrected chi connectivity index (χ0v) is 12.9. The highest BCUT2D eigenvalue weighted by Gasteiger charge is 2.25. The lowest BCUT2D eigenvalue weighted by Crippen LogP contribution is -2.38. The fourth-order valence-electron chi connectivity index (χ4n) is 2.73. The van der Waals surface area contributed by atoms with Gasteiger partial charge < -0.3 is 20.5 Å². The van der Waals surface area contributed by atoms with Crippen molar-refractivity contribution in [2.45, 2.75) is 45.1 Å². The smallest absolute Gasteiger partial charge is 0.248 e. The van der Waals surface area contributed by atoms with Crippen LogP contribution in [0.1, 0.15) is 39.0 Å². The highest BCUT2D eigenvalue weighted by molar-refractivity contribution is 5.80. The SMILES string of the molecule is COCCCNC(=O)C(C)OCC1CCCCC1CN. The number of ether oxygens (including phenoxy) is 2. The maximum atomic E-state index is 11.8. The molecule has 3 unspecified atom stereocenters. The Morgan fingerprint density at radius 1 is 1.35 bits per heavy atom. The summed E-state index contributed by atoms with van der Waals surface area (Å²) in [5.41, 5.74) is 5.81. The lowest BCUT2D eigenvalue weighted by atomic mass is 9.80. The van der Waals surface area contributed by atoms with E-state index in [4.69, 9.17) is 15.2 Å². The van der Waals surface area contributed by atoms with Crippen molar-refractivity contribution in [1.82, 2.24) is 5.32 Å². The van der Waals surface area contributed by atoms with Crippen LogP contribution < -0.4 is 11.1 Å². The molecule has 20 heavy (non-hydrogen) atoms. The van der Waals surface area contributed by atoms with Gasteiger partial charge in [-0.2, -0.15) is 0 Å². The van der Waals surface area contributed by atoms with Crippen LogP contribution in [0.4, 0.5) is 0 Å². The van der Waals surface area contributed by atoms with Crippen LogP contribution in [0.2, 0.25) is 0 Å². The second-order valence-corrected chi connectivity index (χ2v) is 5.65. The summed E-state index contributed by atoms with van der Waals surface area (Å²) in [6.07, 6.45) is 5.33. The summed E-state index contributed by atoms with van der Waals surface area (Å²) in [4.78, 5) is 11.8. The number of carbonyl (C=O) groups excluding carboxylic acids is 1. The number of nitrogens with two attached hydrogens (primary N) is 1. The lowest BCUT2D eigenvalue weighted by Gasteiger charge is -2.31. The molecule has 1 rings (SSSR count). The molecular formula is C15H30N2O3. The Labute approximate surface area is 122 Å². The molecular weight excluding hydrogens is 256 g/mol. The number of amides is 1. The number of methoxy groups -OCH3 is 1. The second kappa shape index (κ2) is 10.1. The molecule has 1 aliphatic carbocycles. The Bertz CT molecular complexity index is 274. The molecule has 1 fully saturated rings. The first-order valence-electron chi connectivity index (χ1n) is 7.77. The molecule has 0 spiro atoms. The summed E-state index contributed by atoms with van der Waals surface area (Å²) in [7, 11) is 1.66. The van der Waals surface area contributed by atoms with Crippen LogP contribution in [0, 0.1) is 11.8 Å². The lowest BCUT2D eigenvalue weighted by molar-refractivity contribution is -0.133. The van der Waals surface area contributed by atoms with E-state index in [0.29, 0.717) is 31.6 Å². The molecule has 3 atom stereocenters. The van der Waals surface area contributed by atoms with Crippen LogP contribution in [0.15, 0.2) is 0 Å². The van der Waals surface area contributed by atoms with E-state index >= 15 is 0 Å². The van der Waals surface area contributed by atoms with Gasteiger partial charge in [-0.15, -0.1) is 0 Å². The number of rotatable bonds is 9. The topological polar surface area (TPSA) is 73.6 Å². The molecule has 1 saturated carbocycles. The zero-order chi connectivity index (χ0) is 14.8. The van der Waals surface area contributed by atoms with Crippen molar-refractivity contribution in [2.75, 3.05) is 33.4 Å². The molecule has 0 aliphatic heterocycles. The molecule has 0 radical (unpaired) electrons. The zero-order valence-electron chi connectivity index (χ0n) is 12.9. The number of hydrogen-bond acceptors (Lipinski definition) is 4. The molecule has 1 amide bonds. The molecule has 5 nitrogen and oxygen atoms in total. The minimum Gasteiger partial charge on any atom is -0.385 e. The number of hydrogen-bond donors (Lipinski definition) is 2. The number of carbonyl (C=O) groups is 1.